The zero-order chi connectivity index (χ0) is 18.2. The molecule has 6 nitrogen and oxygen atoms in total. The van der Waals surface area contributed by atoms with Crippen molar-refractivity contribution in [2.24, 2.45) is 5.92 Å². The fraction of sp³-hybridized carbons (Fsp3) is 0.286. The normalized spacial score (nSPS) is 15.6. The van der Waals surface area contributed by atoms with Gasteiger partial charge in [0.25, 0.3) is 0 Å². The lowest BCUT2D eigenvalue weighted by Crippen LogP contribution is -2.25. The number of aromatic amines is 1. The molecule has 4 heterocycles. The van der Waals surface area contributed by atoms with E-state index in [-0.39, 0.29) is 5.69 Å². The summed E-state index contributed by atoms with van der Waals surface area (Å²) in [5, 5.41) is 2.21. The van der Waals surface area contributed by atoms with Gasteiger partial charge in [0.05, 0.1) is 5.52 Å². The van der Waals surface area contributed by atoms with Crippen molar-refractivity contribution in [3.05, 3.63) is 59.4 Å². The quantitative estimate of drug-likeness (QED) is 0.608. The van der Waals surface area contributed by atoms with Gasteiger partial charge in [-0.15, -0.1) is 0 Å². The van der Waals surface area contributed by atoms with Crippen LogP contribution in [0.5, 0.6) is 0 Å². The number of pyridine rings is 2. The summed E-state index contributed by atoms with van der Waals surface area (Å²) in [4.78, 5) is 24.3. The van der Waals surface area contributed by atoms with Crippen molar-refractivity contribution in [3.8, 4) is 11.1 Å². The van der Waals surface area contributed by atoms with Crippen LogP contribution >= 0.6 is 0 Å². The molecule has 0 saturated carbocycles. The minimum Gasteiger partial charge on any atom is -0.381 e. The molecule has 1 aliphatic heterocycles. The Morgan fingerprint density at radius 3 is 2.89 bits per heavy atom. The molecular weight excluding hydrogens is 340 g/mol. The number of rotatable bonds is 3. The summed E-state index contributed by atoms with van der Waals surface area (Å²) in [5.74, 6) is 0.457. The largest absolute Gasteiger partial charge is 0.381 e. The van der Waals surface area contributed by atoms with Gasteiger partial charge in [0, 0.05) is 54.9 Å². The molecule has 3 aromatic heterocycles. The molecule has 0 amide bonds. The average molecular weight is 360 g/mol. The molecule has 0 radical (unpaired) electrons. The van der Waals surface area contributed by atoms with Crippen LogP contribution in [0.2, 0.25) is 0 Å². The SMILES string of the molecule is O=c1[nH]c2ncc(-c3cncc4ccccc34)cc2n1CC1CCOCC1. The zero-order valence-corrected chi connectivity index (χ0v) is 14.9. The topological polar surface area (TPSA) is 72.8 Å². The van der Waals surface area contributed by atoms with Crippen LogP contribution in [0.1, 0.15) is 12.8 Å². The highest BCUT2D eigenvalue weighted by molar-refractivity contribution is 5.96. The third-order valence-electron chi connectivity index (χ3n) is 5.39. The first-order chi connectivity index (χ1) is 13.3. The molecule has 0 bridgehead atoms. The molecule has 0 unspecified atom stereocenters. The Balaban J connectivity index is 1.62. The molecule has 0 atom stereocenters. The van der Waals surface area contributed by atoms with Gasteiger partial charge in [-0.25, -0.2) is 9.78 Å². The summed E-state index contributed by atoms with van der Waals surface area (Å²) < 4.78 is 7.26. The fourth-order valence-electron chi connectivity index (χ4n) is 3.90. The summed E-state index contributed by atoms with van der Waals surface area (Å²) in [6, 6.07) is 10.2. The van der Waals surface area contributed by atoms with E-state index in [1.54, 1.807) is 6.20 Å². The molecule has 1 N–H and O–H groups in total. The highest BCUT2D eigenvalue weighted by Gasteiger charge is 2.18. The third-order valence-corrected chi connectivity index (χ3v) is 5.39. The molecule has 27 heavy (non-hydrogen) atoms. The van der Waals surface area contributed by atoms with E-state index in [0.717, 1.165) is 53.5 Å². The maximum Gasteiger partial charge on any atom is 0.327 e. The van der Waals surface area contributed by atoms with Gasteiger partial charge in [-0.2, -0.15) is 0 Å². The Labute approximate surface area is 155 Å². The number of hydrogen-bond donors (Lipinski definition) is 1. The van der Waals surface area contributed by atoms with Gasteiger partial charge >= 0.3 is 5.69 Å². The van der Waals surface area contributed by atoms with E-state index in [1.807, 2.05) is 35.2 Å². The van der Waals surface area contributed by atoms with Gasteiger partial charge in [-0.1, -0.05) is 24.3 Å². The van der Waals surface area contributed by atoms with Crippen LogP contribution in [0.3, 0.4) is 0 Å². The van der Waals surface area contributed by atoms with Gasteiger partial charge in [0.1, 0.15) is 0 Å². The molecule has 1 aromatic carbocycles. The maximum absolute atomic E-state index is 12.5. The van der Waals surface area contributed by atoms with Gasteiger partial charge in [0.15, 0.2) is 5.65 Å². The monoisotopic (exact) mass is 360 g/mol. The Bertz CT molecular complexity index is 1170. The third kappa shape index (κ3) is 2.92. The number of nitrogens with one attached hydrogen (secondary N) is 1. The number of imidazole rings is 1. The van der Waals surface area contributed by atoms with E-state index < -0.39 is 0 Å². The summed E-state index contributed by atoms with van der Waals surface area (Å²) in [5.41, 5.74) is 3.36. The van der Waals surface area contributed by atoms with Crippen molar-refractivity contribution in [1.82, 2.24) is 19.5 Å². The van der Waals surface area contributed by atoms with E-state index in [4.69, 9.17) is 4.74 Å². The number of H-pyrrole nitrogens is 1. The van der Waals surface area contributed by atoms with Crippen LogP contribution in [0.4, 0.5) is 0 Å². The van der Waals surface area contributed by atoms with Gasteiger partial charge in [-0.05, 0) is 30.2 Å². The number of aromatic nitrogens is 4. The van der Waals surface area contributed by atoms with Crippen LogP contribution in [-0.2, 0) is 11.3 Å². The van der Waals surface area contributed by atoms with Crippen LogP contribution < -0.4 is 5.69 Å². The van der Waals surface area contributed by atoms with Crippen molar-refractivity contribution >= 4 is 21.9 Å². The molecule has 1 saturated heterocycles. The number of benzene rings is 1. The minimum absolute atomic E-state index is 0.0998. The second-order valence-electron chi connectivity index (χ2n) is 7.10. The van der Waals surface area contributed by atoms with E-state index in [1.165, 1.54) is 0 Å². The van der Waals surface area contributed by atoms with Crippen LogP contribution in [0.25, 0.3) is 33.1 Å². The fourth-order valence-corrected chi connectivity index (χ4v) is 3.90. The lowest BCUT2D eigenvalue weighted by atomic mass is 10.00. The molecular formula is C21H20N4O2. The summed E-state index contributed by atoms with van der Waals surface area (Å²) in [6.45, 7) is 2.24. The molecule has 0 aliphatic carbocycles. The van der Waals surface area contributed by atoms with Crippen LogP contribution in [0, 0.1) is 5.92 Å². The van der Waals surface area contributed by atoms with E-state index >= 15 is 0 Å². The van der Waals surface area contributed by atoms with Crippen molar-refractivity contribution in [3.63, 3.8) is 0 Å². The molecule has 136 valence electrons. The second kappa shape index (κ2) is 6.63. The molecule has 5 rings (SSSR count). The lowest BCUT2D eigenvalue weighted by Gasteiger charge is -2.22. The van der Waals surface area contributed by atoms with Crippen molar-refractivity contribution < 1.29 is 4.74 Å². The van der Waals surface area contributed by atoms with Gasteiger partial charge in [0.2, 0.25) is 0 Å². The smallest absolute Gasteiger partial charge is 0.327 e. The molecule has 1 fully saturated rings. The predicted molar refractivity (Wildman–Crippen MR) is 105 cm³/mol. The highest BCUT2D eigenvalue weighted by atomic mass is 16.5. The van der Waals surface area contributed by atoms with E-state index in [2.05, 4.69) is 27.1 Å². The first-order valence-corrected chi connectivity index (χ1v) is 9.29. The maximum atomic E-state index is 12.5. The van der Waals surface area contributed by atoms with E-state index in [0.29, 0.717) is 18.1 Å². The average Bonchev–Trinajstić information content (AvgIpc) is 3.03. The molecule has 1 aliphatic rings. The van der Waals surface area contributed by atoms with Crippen LogP contribution in [0.15, 0.2) is 53.7 Å². The van der Waals surface area contributed by atoms with Gasteiger partial charge < -0.3 is 4.74 Å². The summed E-state index contributed by atoms with van der Waals surface area (Å²) in [7, 11) is 0. The number of ether oxygens (including phenoxy) is 1. The Morgan fingerprint density at radius 1 is 1.15 bits per heavy atom. The highest BCUT2D eigenvalue weighted by Crippen LogP contribution is 2.29. The Hall–Kier alpha value is -2.99. The number of fused-ring (bicyclic) bond motifs is 2. The standard InChI is InChI=1S/C21H20N4O2/c26-21-24-20-19(25(21)13-14-5-7-27-8-6-14)9-16(11-23-20)18-12-22-10-15-3-1-2-4-17(15)18/h1-4,9-12,14H,5-8,13H2,(H,23,24,26). The van der Waals surface area contributed by atoms with Gasteiger partial charge in [-0.3, -0.25) is 14.5 Å². The predicted octanol–water partition coefficient (Wildman–Crippen LogP) is 3.37. The molecule has 6 heteroatoms. The first-order valence-electron chi connectivity index (χ1n) is 9.29. The summed E-state index contributed by atoms with van der Waals surface area (Å²) >= 11 is 0. The first kappa shape index (κ1) is 16.2. The van der Waals surface area contributed by atoms with Crippen LogP contribution in [-0.4, -0.2) is 32.7 Å². The second-order valence-corrected chi connectivity index (χ2v) is 7.10. The Kier molecular flexibility index (Phi) is 3.98. The summed E-state index contributed by atoms with van der Waals surface area (Å²) in [6.07, 6.45) is 7.50. The van der Waals surface area contributed by atoms with Crippen molar-refractivity contribution in [2.45, 2.75) is 19.4 Å². The lowest BCUT2D eigenvalue weighted by molar-refractivity contribution is 0.0613. The van der Waals surface area contributed by atoms with Crippen molar-refractivity contribution in [1.29, 1.82) is 0 Å². The zero-order valence-electron chi connectivity index (χ0n) is 14.9. The minimum atomic E-state index is -0.0998. The molecule has 0 spiro atoms. The van der Waals surface area contributed by atoms with E-state index in [9.17, 15) is 4.79 Å². The number of hydrogen-bond acceptors (Lipinski definition) is 4. The molecule has 4 aromatic rings. The number of nitrogens with zero attached hydrogens (tertiary/aromatic N) is 3. The Morgan fingerprint density at radius 2 is 2.00 bits per heavy atom. The van der Waals surface area contributed by atoms with Crippen molar-refractivity contribution in [2.75, 3.05) is 13.2 Å².